The third kappa shape index (κ3) is 3.44. The van der Waals surface area contributed by atoms with Gasteiger partial charge in [0.25, 0.3) is 5.91 Å². The van der Waals surface area contributed by atoms with E-state index in [4.69, 9.17) is 0 Å². The van der Waals surface area contributed by atoms with Crippen molar-refractivity contribution in [2.45, 2.75) is 63.1 Å². The summed E-state index contributed by atoms with van der Waals surface area (Å²) in [4.78, 5) is 43.7. The van der Waals surface area contributed by atoms with Crippen LogP contribution >= 0.6 is 0 Å². The first-order valence-electron chi connectivity index (χ1n) is 11.3. The van der Waals surface area contributed by atoms with E-state index in [-0.39, 0.29) is 36.0 Å². The third-order valence-electron chi connectivity index (χ3n) is 7.30. The molecular weight excluding hydrogens is 380 g/mol. The first-order chi connectivity index (χ1) is 14.5. The van der Waals surface area contributed by atoms with Crippen LogP contribution in [-0.2, 0) is 4.79 Å². The number of urea groups is 2. The van der Waals surface area contributed by atoms with E-state index >= 15 is 0 Å². The van der Waals surface area contributed by atoms with Crippen LogP contribution in [0.4, 0.5) is 9.59 Å². The molecule has 4 fully saturated rings. The Labute approximate surface area is 177 Å². The Morgan fingerprint density at radius 2 is 1.77 bits per heavy atom. The molecule has 3 atom stereocenters. The van der Waals surface area contributed by atoms with E-state index in [1.54, 1.807) is 9.80 Å². The summed E-state index contributed by atoms with van der Waals surface area (Å²) in [5, 5.41) is 3.15. The summed E-state index contributed by atoms with van der Waals surface area (Å²) in [5.41, 5.74) is 1.18. The lowest BCUT2D eigenvalue weighted by Gasteiger charge is -2.36. The molecule has 2 saturated heterocycles. The predicted octanol–water partition coefficient (Wildman–Crippen LogP) is 2.78. The molecule has 0 bridgehead atoms. The van der Waals surface area contributed by atoms with E-state index in [9.17, 15) is 14.4 Å². The number of benzene rings is 1. The molecule has 4 aliphatic rings. The van der Waals surface area contributed by atoms with E-state index < -0.39 is 6.04 Å². The maximum atomic E-state index is 13.1. The minimum absolute atomic E-state index is 0.0514. The van der Waals surface area contributed by atoms with Crippen molar-refractivity contribution in [2.24, 2.45) is 5.92 Å². The van der Waals surface area contributed by atoms with Gasteiger partial charge in [0.2, 0.25) is 0 Å². The van der Waals surface area contributed by atoms with Gasteiger partial charge in [0.1, 0.15) is 6.04 Å². The number of piperazine rings is 1. The quantitative estimate of drug-likeness (QED) is 0.779. The summed E-state index contributed by atoms with van der Waals surface area (Å²) in [5.74, 6) is 0.818. The highest BCUT2D eigenvalue weighted by molar-refractivity contribution is 6.05. The lowest BCUT2D eigenvalue weighted by Crippen LogP contribution is -2.57. The van der Waals surface area contributed by atoms with Gasteiger partial charge in [-0.2, -0.15) is 0 Å². The number of imide groups is 1. The molecule has 1 aromatic carbocycles. The van der Waals surface area contributed by atoms with Gasteiger partial charge in [-0.25, -0.2) is 9.59 Å². The Balaban J connectivity index is 1.21. The first-order valence-corrected chi connectivity index (χ1v) is 11.3. The maximum absolute atomic E-state index is 13.1. The second kappa shape index (κ2) is 7.60. The Morgan fingerprint density at radius 1 is 1.03 bits per heavy atom. The molecule has 0 radical (unpaired) electrons. The normalized spacial score (nSPS) is 33.5. The fourth-order valence-electron chi connectivity index (χ4n) is 5.30. The van der Waals surface area contributed by atoms with Gasteiger partial charge in [-0.05, 0) is 43.6 Å². The molecular formula is C23H30N4O3. The van der Waals surface area contributed by atoms with E-state index in [0.29, 0.717) is 19.6 Å². The van der Waals surface area contributed by atoms with Gasteiger partial charge in [-0.1, -0.05) is 37.3 Å². The van der Waals surface area contributed by atoms with Crippen LogP contribution in [0, 0.1) is 5.92 Å². The number of hydrogen-bond donors (Lipinski definition) is 1. The van der Waals surface area contributed by atoms with Crippen LogP contribution in [0.3, 0.4) is 0 Å². The van der Waals surface area contributed by atoms with Crippen molar-refractivity contribution in [3.8, 4) is 0 Å². The fourth-order valence-corrected chi connectivity index (χ4v) is 5.30. The number of hydrogen-bond acceptors (Lipinski definition) is 3. The van der Waals surface area contributed by atoms with Crippen LogP contribution in [0.25, 0.3) is 0 Å². The highest BCUT2D eigenvalue weighted by atomic mass is 16.2. The zero-order valence-electron chi connectivity index (χ0n) is 17.5. The minimum Gasteiger partial charge on any atom is -0.335 e. The molecule has 30 heavy (non-hydrogen) atoms. The Kier molecular flexibility index (Phi) is 4.91. The van der Waals surface area contributed by atoms with Crippen molar-refractivity contribution in [3.05, 3.63) is 35.9 Å². The highest BCUT2D eigenvalue weighted by Crippen LogP contribution is 2.46. The van der Waals surface area contributed by atoms with Crippen LogP contribution in [0.2, 0.25) is 0 Å². The molecule has 7 heteroatoms. The molecule has 2 heterocycles. The van der Waals surface area contributed by atoms with Gasteiger partial charge >= 0.3 is 12.1 Å². The van der Waals surface area contributed by atoms with Crippen LogP contribution in [0.5, 0.6) is 0 Å². The fraction of sp³-hybridized carbons (Fsp3) is 0.609. The van der Waals surface area contributed by atoms with Gasteiger partial charge in [0.15, 0.2) is 0 Å². The Hall–Kier alpha value is -2.57. The van der Waals surface area contributed by atoms with Gasteiger partial charge in [-0.3, -0.25) is 9.69 Å². The Bertz CT molecular complexity index is 836. The zero-order valence-corrected chi connectivity index (χ0v) is 17.5. The SMILES string of the molecule is C[C@H]1CC[C@H](NC(=O)N2CCN3C(=O)N([C@H]4C[C@@H]4c4ccccc4)C(=O)[C@@H]3C2)CC1. The van der Waals surface area contributed by atoms with E-state index in [0.717, 1.165) is 38.0 Å². The summed E-state index contributed by atoms with van der Waals surface area (Å²) in [6.07, 6.45) is 5.15. The third-order valence-corrected chi connectivity index (χ3v) is 7.30. The summed E-state index contributed by atoms with van der Waals surface area (Å²) < 4.78 is 0. The van der Waals surface area contributed by atoms with Crippen LogP contribution in [0.1, 0.15) is 50.5 Å². The number of carbonyl (C=O) groups excluding carboxylic acids is 3. The first kappa shape index (κ1) is 19.4. The zero-order chi connectivity index (χ0) is 20.8. The summed E-state index contributed by atoms with van der Waals surface area (Å²) >= 11 is 0. The van der Waals surface area contributed by atoms with Gasteiger partial charge in [0, 0.05) is 31.1 Å². The summed E-state index contributed by atoms with van der Waals surface area (Å²) in [6, 6.07) is 9.42. The van der Waals surface area contributed by atoms with Crippen molar-refractivity contribution in [2.75, 3.05) is 19.6 Å². The summed E-state index contributed by atoms with van der Waals surface area (Å²) in [7, 11) is 0. The van der Waals surface area contributed by atoms with Crippen LogP contribution in [-0.4, -0.2) is 70.4 Å². The van der Waals surface area contributed by atoms with Gasteiger partial charge in [0.05, 0.1) is 6.54 Å². The molecule has 0 unspecified atom stereocenters. The van der Waals surface area contributed by atoms with Crippen molar-refractivity contribution in [1.29, 1.82) is 0 Å². The molecule has 7 nitrogen and oxygen atoms in total. The maximum Gasteiger partial charge on any atom is 0.327 e. The molecule has 2 saturated carbocycles. The monoisotopic (exact) mass is 410 g/mol. The van der Waals surface area contributed by atoms with Crippen molar-refractivity contribution >= 4 is 18.0 Å². The number of rotatable bonds is 3. The van der Waals surface area contributed by atoms with Crippen LogP contribution in [0.15, 0.2) is 30.3 Å². The van der Waals surface area contributed by atoms with Crippen molar-refractivity contribution < 1.29 is 14.4 Å². The highest BCUT2D eigenvalue weighted by Gasteiger charge is 2.56. The van der Waals surface area contributed by atoms with Crippen molar-refractivity contribution in [1.82, 2.24) is 20.0 Å². The molecule has 5 rings (SSSR count). The smallest absolute Gasteiger partial charge is 0.327 e. The number of nitrogens with zero attached hydrogens (tertiary/aromatic N) is 3. The lowest BCUT2D eigenvalue weighted by molar-refractivity contribution is -0.129. The number of carbonyl (C=O) groups is 3. The van der Waals surface area contributed by atoms with Crippen molar-refractivity contribution in [3.63, 3.8) is 0 Å². The molecule has 5 amide bonds. The molecule has 1 N–H and O–H groups in total. The van der Waals surface area contributed by atoms with E-state index in [2.05, 4.69) is 24.4 Å². The lowest BCUT2D eigenvalue weighted by atomic mass is 9.87. The predicted molar refractivity (Wildman–Crippen MR) is 112 cm³/mol. The molecule has 160 valence electrons. The average molecular weight is 411 g/mol. The molecule has 2 aliphatic carbocycles. The summed E-state index contributed by atoms with van der Waals surface area (Å²) in [6.45, 7) is 3.45. The number of fused-ring (bicyclic) bond motifs is 1. The molecule has 0 spiro atoms. The standard InChI is InChI=1S/C23H30N4O3/c1-15-7-9-17(10-8-15)24-22(29)25-11-12-26-20(14-25)21(28)27(23(26)30)19-13-18(19)16-5-3-2-4-6-16/h2-6,15,17-20H,7-14H2,1H3,(H,24,29)/t15-,17-,18-,19+,20+/m1/s1. The molecule has 2 aliphatic heterocycles. The topological polar surface area (TPSA) is 73.0 Å². The second-order valence-electron chi connectivity index (χ2n) is 9.37. The Morgan fingerprint density at radius 3 is 2.50 bits per heavy atom. The second-order valence-corrected chi connectivity index (χ2v) is 9.37. The molecule has 0 aromatic heterocycles. The number of nitrogens with one attached hydrogen (secondary N) is 1. The van der Waals surface area contributed by atoms with Crippen LogP contribution < -0.4 is 5.32 Å². The van der Waals surface area contributed by atoms with Gasteiger partial charge < -0.3 is 15.1 Å². The average Bonchev–Trinajstić information content (AvgIpc) is 3.51. The number of amides is 5. The van der Waals surface area contributed by atoms with Gasteiger partial charge in [-0.15, -0.1) is 0 Å². The largest absolute Gasteiger partial charge is 0.335 e. The van der Waals surface area contributed by atoms with E-state index in [1.807, 2.05) is 18.2 Å². The minimum atomic E-state index is -0.541. The van der Waals surface area contributed by atoms with E-state index in [1.165, 1.54) is 10.5 Å². The molecule has 1 aromatic rings.